The molecule has 2 aliphatic heterocycles. The van der Waals surface area contributed by atoms with Gasteiger partial charge in [0.25, 0.3) is 11.8 Å². The number of H-pyrrole nitrogens is 2. The fraction of sp³-hybridized carbons (Fsp3) is 0.100. The molecule has 12 heteroatoms. The molecule has 0 bridgehead atoms. The second-order valence-electron chi connectivity index (χ2n) is 6.96. The lowest BCUT2D eigenvalue weighted by atomic mass is 10.2. The van der Waals surface area contributed by atoms with Crippen LogP contribution in [-0.2, 0) is 19.2 Å². The zero-order chi connectivity index (χ0) is 22.2. The van der Waals surface area contributed by atoms with E-state index in [0.717, 1.165) is 4.90 Å². The van der Waals surface area contributed by atoms with Crippen LogP contribution in [0.4, 0.5) is 11.4 Å². The highest BCUT2D eigenvalue weighted by Gasteiger charge is 2.30. The van der Waals surface area contributed by atoms with Crippen molar-refractivity contribution in [2.24, 2.45) is 0 Å². The van der Waals surface area contributed by atoms with Gasteiger partial charge in [-0.25, -0.2) is 4.90 Å². The fourth-order valence-electron chi connectivity index (χ4n) is 3.45. The normalized spacial score (nSPS) is 15.9. The summed E-state index contributed by atoms with van der Waals surface area (Å²) in [7, 11) is 0. The van der Waals surface area contributed by atoms with Gasteiger partial charge in [-0.1, -0.05) is 0 Å². The Labute approximate surface area is 178 Å². The van der Waals surface area contributed by atoms with Crippen molar-refractivity contribution in [3.63, 3.8) is 0 Å². The number of nitrogens with one attached hydrogen (secondary N) is 2. The van der Waals surface area contributed by atoms with E-state index in [1.165, 1.54) is 17.1 Å². The number of amides is 4. The first-order chi connectivity index (χ1) is 15.5. The van der Waals surface area contributed by atoms with Gasteiger partial charge in [0.2, 0.25) is 11.8 Å². The Morgan fingerprint density at radius 3 is 1.53 bits per heavy atom. The van der Waals surface area contributed by atoms with E-state index < -0.39 is 0 Å². The number of imide groups is 2. The summed E-state index contributed by atoms with van der Waals surface area (Å²) in [6.45, 7) is 0. The van der Waals surface area contributed by atoms with Gasteiger partial charge in [-0.05, 0) is 36.4 Å². The average Bonchev–Trinajstić information content (AvgIpc) is 3.56. The number of nitrogens with zero attached hydrogens (tertiary/aromatic N) is 6. The molecule has 0 atom stereocenters. The van der Waals surface area contributed by atoms with Crippen molar-refractivity contribution in [3.05, 3.63) is 48.6 Å². The van der Waals surface area contributed by atoms with Crippen LogP contribution in [-0.4, -0.2) is 54.5 Å². The smallest absolute Gasteiger partial charge is 0.258 e. The summed E-state index contributed by atoms with van der Waals surface area (Å²) >= 11 is 0. The highest BCUT2D eigenvalue weighted by Crippen LogP contribution is 2.25. The van der Waals surface area contributed by atoms with Gasteiger partial charge >= 0.3 is 0 Å². The number of fused-ring (bicyclic) bond motifs is 2. The Kier molecular flexibility index (Phi) is 4.51. The number of hydrogen-bond donors (Lipinski definition) is 2. The van der Waals surface area contributed by atoms with Crippen molar-refractivity contribution in [3.8, 4) is 0 Å². The molecule has 158 valence electrons. The van der Waals surface area contributed by atoms with Gasteiger partial charge in [-0.3, -0.25) is 24.1 Å². The van der Waals surface area contributed by atoms with Gasteiger partial charge in [0.05, 0.1) is 11.4 Å². The predicted molar refractivity (Wildman–Crippen MR) is 111 cm³/mol. The zero-order valence-corrected chi connectivity index (χ0v) is 16.3. The van der Waals surface area contributed by atoms with Crippen molar-refractivity contribution in [1.29, 1.82) is 0 Å². The van der Waals surface area contributed by atoms with Crippen LogP contribution in [0, 0.1) is 0 Å². The third-order valence-electron chi connectivity index (χ3n) is 4.98. The number of hydrogen-bond acceptors (Lipinski definition) is 8. The lowest BCUT2D eigenvalue weighted by Gasteiger charge is -2.12. The molecule has 0 saturated carbocycles. The number of rotatable bonds is 2. The van der Waals surface area contributed by atoms with Crippen molar-refractivity contribution in [1.82, 2.24) is 30.8 Å². The van der Waals surface area contributed by atoms with Crippen LogP contribution in [0.25, 0.3) is 22.1 Å². The number of anilines is 2. The van der Waals surface area contributed by atoms with Crippen molar-refractivity contribution in [2.45, 2.75) is 12.8 Å². The topological polar surface area (TPSA) is 158 Å². The Bertz CT molecular complexity index is 1330. The summed E-state index contributed by atoms with van der Waals surface area (Å²) in [5.74, 6) is -0.999. The van der Waals surface area contributed by atoms with E-state index >= 15 is 0 Å². The van der Waals surface area contributed by atoms with Gasteiger partial charge < -0.3 is 0 Å². The van der Waals surface area contributed by atoms with Crippen LogP contribution in [0.3, 0.4) is 0 Å². The summed E-state index contributed by atoms with van der Waals surface area (Å²) < 4.78 is 0. The number of carbonyl (C=O) groups excluding carboxylic acids is 4. The summed E-state index contributed by atoms with van der Waals surface area (Å²) in [6.07, 6.45) is 3.07. The van der Waals surface area contributed by atoms with Crippen molar-refractivity contribution < 1.29 is 19.2 Å². The van der Waals surface area contributed by atoms with Crippen molar-refractivity contribution >= 4 is 57.1 Å². The molecule has 0 spiro atoms. The maximum Gasteiger partial charge on any atom is 0.258 e. The van der Waals surface area contributed by atoms with Crippen LogP contribution >= 0.6 is 0 Å². The number of aromatic amines is 2. The van der Waals surface area contributed by atoms with E-state index in [9.17, 15) is 19.2 Å². The molecule has 4 heterocycles. The third kappa shape index (κ3) is 3.29. The molecular formula is C20H14N8O4. The standard InChI is InChI=1S/C10H8N4O2.C10H6N4O2/c2*15-9-3-4-10(16)14(9)6-1-2-7-8(5-6)12-13-11-7/h1-2,5H,3-4H2,(H,11,12,13);1-5H,(H,11,12,13). The minimum Gasteiger partial charge on any atom is -0.274 e. The minimum atomic E-state index is -0.340. The van der Waals surface area contributed by atoms with Gasteiger partial charge in [0.15, 0.2) is 0 Å². The second-order valence-corrected chi connectivity index (χ2v) is 6.96. The van der Waals surface area contributed by atoms with Crippen LogP contribution in [0.5, 0.6) is 0 Å². The lowest BCUT2D eigenvalue weighted by Crippen LogP contribution is -2.29. The number of carbonyl (C=O) groups is 4. The van der Waals surface area contributed by atoms with Crippen LogP contribution in [0.1, 0.15) is 12.8 Å². The molecule has 4 amide bonds. The molecule has 1 fully saturated rings. The molecular weight excluding hydrogens is 416 g/mol. The zero-order valence-electron chi connectivity index (χ0n) is 16.3. The van der Waals surface area contributed by atoms with Crippen LogP contribution in [0.2, 0.25) is 0 Å². The second kappa shape index (κ2) is 7.50. The molecule has 0 unspecified atom stereocenters. The number of aromatic nitrogens is 6. The van der Waals surface area contributed by atoms with E-state index in [0.29, 0.717) is 33.4 Å². The van der Waals surface area contributed by atoms with E-state index in [1.54, 1.807) is 36.4 Å². The maximum atomic E-state index is 11.5. The summed E-state index contributed by atoms with van der Waals surface area (Å²) in [5, 5.41) is 20.6. The Balaban J connectivity index is 0.000000135. The first-order valence-electron chi connectivity index (χ1n) is 9.54. The molecule has 32 heavy (non-hydrogen) atoms. The fourth-order valence-corrected chi connectivity index (χ4v) is 3.45. The van der Waals surface area contributed by atoms with Gasteiger partial charge in [-0.2, -0.15) is 30.8 Å². The van der Waals surface area contributed by atoms with E-state index in [2.05, 4.69) is 30.8 Å². The monoisotopic (exact) mass is 430 g/mol. The Morgan fingerprint density at radius 2 is 1.03 bits per heavy atom. The molecule has 0 aliphatic carbocycles. The Hall–Kier alpha value is -4.74. The van der Waals surface area contributed by atoms with E-state index in [1.807, 2.05) is 0 Å². The highest BCUT2D eigenvalue weighted by molar-refractivity contribution is 6.28. The summed E-state index contributed by atoms with van der Waals surface area (Å²) in [5.41, 5.74) is 3.73. The molecule has 2 aromatic carbocycles. The van der Waals surface area contributed by atoms with E-state index in [4.69, 9.17) is 0 Å². The van der Waals surface area contributed by atoms with Gasteiger partial charge in [0, 0.05) is 25.0 Å². The molecule has 0 radical (unpaired) electrons. The molecule has 12 nitrogen and oxygen atoms in total. The maximum absolute atomic E-state index is 11.5. The largest absolute Gasteiger partial charge is 0.274 e. The minimum absolute atomic E-state index is 0.159. The highest BCUT2D eigenvalue weighted by atomic mass is 16.2. The molecule has 1 saturated heterocycles. The molecule has 2 aliphatic rings. The predicted octanol–water partition coefficient (Wildman–Crippen LogP) is 0.999. The summed E-state index contributed by atoms with van der Waals surface area (Å²) in [6, 6.07) is 10.1. The van der Waals surface area contributed by atoms with Gasteiger partial charge in [-0.15, -0.1) is 0 Å². The van der Waals surface area contributed by atoms with E-state index in [-0.39, 0.29) is 36.5 Å². The quantitative estimate of drug-likeness (QED) is 0.446. The third-order valence-corrected chi connectivity index (χ3v) is 4.98. The molecule has 6 rings (SSSR count). The van der Waals surface area contributed by atoms with Gasteiger partial charge in [0.1, 0.15) is 22.1 Å². The lowest BCUT2D eigenvalue weighted by molar-refractivity contribution is -0.122. The molecule has 2 N–H and O–H groups in total. The first kappa shape index (κ1) is 19.2. The molecule has 4 aromatic rings. The average molecular weight is 430 g/mol. The SMILES string of the molecule is O=C1C=CC(=O)N1c1ccc2n[nH]nc2c1.O=C1CCC(=O)N1c1ccc2n[nH]nc2c1. The van der Waals surface area contributed by atoms with Crippen LogP contribution < -0.4 is 9.80 Å². The van der Waals surface area contributed by atoms with Crippen molar-refractivity contribution in [2.75, 3.05) is 9.80 Å². The number of benzene rings is 2. The molecule has 2 aromatic heterocycles. The van der Waals surface area contributed by atoms with Crippen LogP contribution in [0.15, 0.2) is 48.6 Å². The first-order valence-corrected chi connectivity index (χ1v) is 9.54. The Morgan fingerprint density at radius 1 is 0.594 bits per heavy atom. The summed E-state index contributed by atoms with van der Waals surface area (Å²) in [4.78, 5) is 48.2.